The fourth-order valence-corrected chi connectivity index (χ4v) is 2.80. The number of aromatic nitrogens is 2. The van der Waals surface area contributed by atoms with Crippen LogP contribution in [-0.2, 0) is 27.8 Å². The molecule has 132 valence electrons. The summed E-state index contributed by atoms with van der Waals surface area (Å²) in [5.41, 5.74) is 3.25. The molecule has 1 aromatic heterocycles. The minimum atomic E-state index is -0.924. The lowest BCUT2D eigenvalue weighted by Crippen LogP contribution is -2.33. The number of amides is 1. The molecule has 1 amide bonds. The van der Waals surface area contributed by atoms with Gasteiger partial charge in [-0.25, -0.2) is 0 Å². The number of hydrogen-bond donors (Lipinski definition) is 1. The van der Waals surface area contributed by atoms with Crippen LogP contribution in [0.15, 0.2) is 30.3 Å². The van der Waals surface area contributed by atoms with E-state index in [0.717, 1.165) is 29.8 Å². The molecule has 0 spiro atoms. The molecule has 1 aromatic carbocycles. The lowest BCUT2D eigenvalue weighted by molar-refractivity contribution is -0.156. The lowest BCUT2D eigenvalue weighted by atomic mass is 10.1. The molecule has 1 atom stereocenters. The van der Waals surface area contributed by atoms with Crippen LogP contribution < -0.4 is 5.32 Å². The van der Waals surface area contributed by atoms with Crippen molar-refractivity contribution in [3.05, 3.63) is 52.8 Å². The Balaban J connectivity index is 1.74. The average molecular weight is 341 g/mol. The lowest BCUT2D eigenvalue weighted by Gasteiger charge is -2.18. The summed E-state index contributed by atoms with van der Waals surface area (Å²) in [6, 6.07) is 9.33. The fraction of sp³-hybridized carbons (Fsp3) is 0.421. The second kappa shape index (κ2) is 7.09. The minimum absolute atomic E-state index is 0.103. The summed E-state index contributed by atoms with van der Waals surface area (Å²) in [7, 11) is 1.84. The van der Waals surface area contributed by atoms with Crippen LogP contribution in [0.3, 0.4) is 0 Å². The first-order valence-corrected chi connectivity index (χ1v) is 8.49. The molecule has 2 aromatic rings. The molecule has 1 aliphatic rings. The molecule has 1 fully saturated rings. The van der Waals surface area contributed by atoms with E-state index in [0.29, 0.717) is 5.56 Å². The first-order valence-electron chi connectivity index (χ1n) is 8.49. The van der Waals surface area contributed by atoms with Crippen molar-refractivity contribution in [3.63, 3.8) is 0 Å². The quantitative estimate of drug-likeness (QED) is 0.817. The SMILES string of the molecule is Cc1nn(C)c(C)c1CC(=O)O[C@H](C(=O)NC1CC1)c1ccccc1. The van der Waals surface area contributed by atoms with Gasteiger partial charge in [-0.2, -0.15) is 5.10 Å². The molecule has 1 saturated carbocycles. The van der Waals surface area contributed by atoms with Gasteiger partial charge >= 0.3 is 5.97 Å². The molecule has 1 heterocycles. The highest BCUT2D eigenvalue weighted by atomic mass is 16.5. The van der Waals surface area contributed by atoms with Crippen molar-refractivity contribution < 1.29 is 14.3 Å². The second-order valence-corrected chi connectivity index (χ2v) is 6.51. The van der Waals surface area contributed by atoms with Crippen LogP contribution in [-0.4, -0.2) is 27.7 Å². The Bertz CT molecular complexity index is 779. The van der Waals surface area contributed by atoms with E-state index in [-0.39, 0.29) is 18.4 Å². The zero-order valence-corrected chi connectivity index (χ0v) is 14.8. The number of esters is 1. The predicted octanol–water partition coefficient (Wildman–Crippen LogP) is 2.14. The van der Waals surface area contributed by atoms with E-state index in [1.807, 2.05) is 39.1 Å². The van der Waals surface area contributed by atoms with Gasteiger partial charge < -0.3 is 10.1 Å². The maximum atomic E-state index is 12.5. The summed E-state index contributed by atoms with van der Waals surface area (Å²) in [5, 5.41) is 7.23. The number of aryl methyl sites for hydroxylation is 2. The van der Waals surface area contributed by atoms with Crippen LogP contribution in [0.4, 0.5) is 0 Å². The van der Waals surface area contributed by atoms with E-state index < -0.39 is 12.1 Å². The van der Waals surface area contributed by atoms with Crippen LogP contribution in [0, 0.1) is 13.8 Å². The van der Waals surface area contributed by atoms with Gasteiger partial charge in [0.2, 0.25) is 6.10 Å². The van der Waals surface area contributed by atoms with E-state index in [1.165, 1.54) is 0 Å². The molecule has 0 saturated heterocycles. The third-order valence-electron chi connectivity index (χ3n) is 4.49. The Morgan fingerprint density at radius 3 is 2.52 bits per heavy atom. The summed E-state index contributed by atoms with van der Waals surface area (Å²) < 4.78 is 7.30. The number of carbonyl (C=O) groups excluding carboxylic acids is 2. The summed E-state index contributed by atoms with van der Waals surface area (Å²) >= 11 is 0. The van der Waals surface area contributed by atoms with Crippen LogP contribution in [0.2, 0.25) is 0 Å². The molecule has 6 nitrogen and oxygen atoms in total. The van der Waals surface area contributed by atoms with Gasteiger partial charge in [-0.05, 0) is 26.7 Å². The van der Waals surface area contributed by atoms with Gasteiger partial charge in [0.05, 0.1) is 12.1 Å². The maximum Gasteiger partial charge on any atom is 0.311 e. The topological polar surface area (TPSA) is 73.2 Å². The Kier molecular flexibility index (Phi) is 4.88. The molecule has 25 heavy (non-hydrogen) atoms. The van der Waals surface area contributed by atoms with Crippen molar-refractivity contribution >= 4 is 11.9 Å². The van der Waals surface area contributed by atoms with Crippen LogP contribution >= 0.6 is 0 Å². The van der Waals surface area contributed by atoms with Gasteiger partial charge in [0.15, 0.2) is 0 Å². The number of benzene rings is 1. The summed E-state index contributed by atoms with van der Waals surface area (Å²) in [6.45, 7) is 3.78. The highest BCUT2D eigenvalue weighted by Crippen LogP contribution is 2.24. The summed E-state index contributed by atoms with van der Waals surface area (Å²) in [4.78, 5) is 25.0. The van der Waals surface area contributed by atoms with Crippen LogP contribution in [0.1, 0.15) is 41.5 Å². The van der Waals surface area contributed by atoms with E-state index in [2.05, 4.69) is 10.4 Å². The smallest absolute Gasteiger partial charge is 0.311 e. The first-order chi connectivity index (χ1) is 12.0. The van der Waals surface area contributed by atoms with Crippen molar-refractivity contribution in [1.29, 1.82) is 0 Å². The molecule has 0 radical (unpaired) electrons. The molecular weight excluding hydrogens is 318 g/mol. The van der Waals surface area contributed by atoms with Gasteiger partial charge in [-0.15, -0.1) is 0 Å². The first kappa shape index (κ1) is 17.2. The van der Waals surface area contributed by atoms with Gasteiger partial charge in [0.25, 0.3) is 5.91 Å². The molecule has 1 N–H and O–H groups in total. The van der Waals surface area contributed by atoms with Gasteiger partial charge in [-0.1, -0.05) is 30.3 Å². The second-order valence-electron chi connectivity index (χ2n) is 6.51. The van der Waals surface area contributed by atoms with E-state index in [4.69, 9.17) is 4.74 Å². The minimum Gasteiger partial charge on any atom is -0.447 e. The standard InChI is InChI=1S/C19H23N3O3/c1-12-16(13(2)22(3)21-12)11-17(23)25-18(14-7-5-4-6-8-14)19(24)20-15-9-10-15/h4-8,15,18H,9-11H2,1-3H3,(H,20,24)/t18-/m0/s1. The number of nitrogens with zero attached hydrogens (tertiary/aromatic N) is 2. The fourth-order valence-electron chi connectivity index (χ4n) is 2.80. The number of hydrogen-bond acceptors (Lipinski definition) is 4. The van der Waals surface area contributed by atoms with E-state index in [1.54, 1.807) is 16.8 Å². The van der Waals surface area contributed by atoms with Gasteiger partial charge in [0, 0.05) is 29.9 Å². The predicted molar refractivity (Wildman–Crippen MR) is 92.8 cm³/mol. The largest absolute Gasteiger partial charge is 0.447 e. The van der Waals surface area contributed by atoms with Crippen LogP contribution in [0.5, 0.6) is 0 Å². The molecule has 0 bridgehead atoms. The Morgan fingerprint density at radius 1 is 1.28 bits per heavy atom. The Morgan fingerprint density at radius 2 is 1.96 bits per heavy atom. The van der Waals surface area contributed by atoms with Crippen LogP contribution in [0.25, 0.3) is 0 Å². The number of carbonyl (C=O) groups is 2. The Hall–Kier alpha value is -2.63. The van der Waals surface area contributed by atoms with Crippen molar-refractivity contribution in [2.45, 2.75) is 45.3 Å². The van der Waals surface area contributed by atoms with E-state index >= 15 is 0 Å². The molecule has 3 rings (SSSR count). The third kappa shape index (κ3) is 4.07. The van der Waals surface area contributed by atoms with Gasteiger partial charge in [-0.3, -0.25) is 14.3 Å². The van der Waals surface area contributed by atoms with Crippen molar-refractivity contribution in [3.8, 4) is 0 Å². The zero-order chi connectivity index (χ0) is 18.0. The summed E-state index contributed by atoms with van der Waals surface area (Å²) in [5.74, 6) is -0.694. The maximum absolute atomic E-state index is 12.5. The third-order valence-corrected chi connectivity index (χ3v) is 4.49. The monoisotopic (exact) mass is 341 g/mol. The van der Waals surface area contributed by atoms with Crippen molar-refractivity contribution in [1.82, 2.24) is 15.1 Å². The number of ether oxygens (including phenoxy) is 1. The zero-order valence-electron chi connectivity index (χ0n) is 14.8. The highest BCUT2D eigenvalue weighted by Gasteiger charge is 2.31. The molecule has 0 unspecified atom stereocenters. The molecule has 0 aliphatic heterocycles. The number of rotatable bonds is 6. The molecular formula is C19H23N3O3. The van der Waals surface area contributed by atoms with Gasteiger partial charge in [0.1, 0.15) is 0 Å². The normalized spacial score (nSPS) is 14.8. The summed E-state index contributed by atoms with van der Waals surface area (Å²) in [6.07, 6.45) is 1.14. The van der Waals surface area contributed by atoms with Crippen molar-refractivity contribution in [2.75, 3.05) is 0 Å². The van der Waals surface area contributed by atoms with Crippen molar-refractivity contribution in [2.24, 2.45) is 7.05 Å². The molecule has 6 heteroatoms. The van der Waals surface area contributed by atoms with E-state index in [9.17, 15) is 9.59 Å². The molecule has 1 aliphatic carbocycles. The highest BCUT2D eigenvalue weighted by molar-refractivity contribution is 5.86. The Labute approximate surface area is 147 Å². The number of nitrogens with one attached hydrogen (secondary N) is 1. The average Bonchev–Trinajstić information content (AvgIpc) is 3.37.